The average molecular weight is 159 g/mol. The van der Waals surface area contributed by atoms with Crippen molar-refractivity contribution < 1.29 is 13.1 Å². The first-order valence-electron chi connectivity index (χ1n) is 3.45. The Labute approximate surface area is 81.8 Å². The smallest absolute Gasteiger partial charge is 1.00 e. The molecule has 1 unspecified atom stereocenters. The van der Waals surface area contributed by atoms with Crippen LogP contribution in [0.15, 0.2) is 0 Å². The predicted octanol–water partition coefficient (Wildman–Crippen LogP) is 0.620. The van der Waals surface area contributed by atoms with Gasteiger partial charge in [-0.2, -0.15) is 0 Å². The third-order valence-corrected chi connectivity index (χ3v) is 1.29. The fourth-order valence-electron chi connectivity index (χ4n) is 0.617. The minimum Gasteiger partial charge on any atom is -1.00 e. The van der Waals surface area contributed by atoms with Crippen LogP contribution < -0.4 is 0 Å². The van der Waals surface area contributed by atoms with Crippen LogP contribution in [0.4, 0.5) is 0 Å². The predicted molar refractivity (Wildman–Crippen MR) is 45.1 cm³/mol. The van der Waals surface area contributed by atoms with Crippen molar-refractivity contribution in [3.8, 4) is 0 Å². The number of hydrogen-bond donors (Lipinski definition) is 2. The molecule has 0 heterocycles. The molecule has 10 heavy (non-hydrogen) atoms. The largest absolute Gasteiger partial charge is 2.00 e. The van der Waals surface area contributed by atoms with Gasteiger partial charge in [-0.1, -0.05) is 13.8 Å². The summed E-state index contributed by atoms with van der Waals surface area (Å²) in [6, 6.07) is 0. The summed E-state index contributed by atoms with van der Waals surface area (Å²) in [5, 5.41) is 17.3. The van der Waals surface area contributed by atoms with Crippen LogP contribution in [0.5, 0.6) is 0 Å². The third-order valence-electron chi connectivity index (χ3n) is 1.29. The van der Waals surface area contributed by atoms with E-state index < -0.39 is 6.10 Å². The molecule has 0 amide bonds. The van der Waals surface area contributed by atoms with Crippen LogP contribution in [0.1, 0.15) is 29.5 Å². The molecule has 0 fully saturated rings. The average Bonchev–Trinajstić information content (AvgIpc) is 1.83. The Bertz CT molecular complexity index is 74.4. The molecular formula is C7H18MgO2. The molecule has 0 saturated carbocycles. The van der Waals surface area contributed by atoms with Gasteiger partial charge in [-0.15, -0.1) is 0 Å². The zero-order valence-corrected chi connectivity index (χ0v) is 8.29. The van der Waals surface area contributed by atoms with Gasteiger partial charge in [0.1, 0.15) is 0 Å². The van der Waals surface area contributed by atoms with Gasteiger partial charge in [0.05, 0.1) is 12.7 Å². The second-order valence-electron chi connectivity index (χ2n) is 2.81. The standard InChI is InChI=1S/C7H16O2.Mg.2H/c1-6(2)3-4-7(9)5-8;;;/h6-9H,3-5H2,1-2H3;;;/q;+2;2*-1. The van der Waals surface area contributed by atoms with Crippen LogP contribution in [0.25, 0.3) is 0 Å². The number of hydrogen-bond acceptors (Lipinski definition) is 2. The van der Waals surface area contributed by atoms with Crippen molar-refractivity contribution in [2.75, 3.05) is 6.61 Å². The summed E-state index contributed by atoms with van der Waals surface area (Å²) in [5.74, 6) is 0.617. The normalized spacial score (nSPS) is 12.9. The number of rotatable bonds is 4. The molecule has 0 aliphatic rings. The molecule has 3 heteroatoms. The molecule has 0 rings (SSSR count). The monoisotopic (exact) mass is 158 g/mol. The SMILES string of the molecule is CC(C)CCC(O)CO.[H-].[H-].[Mg+2]. The second-order valence-corrected chi connectivity index (χ2v) is 2.81. The van der Waals surface area contributed by atoms with Crippen molar-refractivity contribution in [2.45, 2.75) is 32.8 Å². The first-order chi connectivity index (χ1) is 4.16. The molecule has 0 spiro atoms. The minimum absolute atomic E-state index is 0. The van der Waals surface area contributed by atoms with E-state index >= 15 is 0 Å². The molecule has 2 nitrogen and oxygen atoms in total. The minimum atomic E-state index is -0.507. The molecule has 0 bridgehead atoms. The molecule has 2 N–H and O–H groups in total. The molecular weight excluding hydrogens is 140 g/mol. The van der Waals surface area contributed by atoms with Crippen LogP contribution in [0.3, 0.4) is 0 Å². The molecule has 0 aliphatic heterocycles. The molecule has 0 aromatic carbocycles. The maximum atomic E-state index is 8.86. The molecule has 60 valence electrons. The Kier molecular flexibility index (Phi) is 10.4. The van der Waals surface area contributed by atoms with E-state index in [0.29, 0.717) is 12.3 Å². The maximum absolute atomic E-state index is 8.86. The van der Waals surface area contributed by atoms with Gasteiger partial charge in [0.25, 0.3) is 0 Å². The Balaban J connectivity index is -0.000000107. The summed E-state index contributed by atoms with van der Waals surface area (Å²) >= 11 is 0. The van der Waals surface area contributed by atoms with Crippen molar-refractivity contribution >= 4 is 23.1 Å². The van der Waals surface area contributed by atoms with Crippen LogP contribution in [-0.2, 0) is 0 Å². The molecule has 0 aliphatic carbocycles. The first-order valence-corrected chi connectivity index (χ1v) is 3.45. The summed E-state index contributed by atoms with van der Waals surface area (Å²) in [6.45, 7) is 4.10. The van der Waals surface area contributed by atoms with Crippen LogP contribution >= 0.6 is 0 Å². The second kappa shape index (κ2) is 7.79. The molecule has 0 saturated heterocycles. The van der Waals surface area contributed by atoms with Crippen LogP contribution in [-0.4, -0.2) is 46.0 Å². The van der Waals surface area contributed by atoms with Crippen molar-refractivity contribution in [3.05, 3.63) is 0 Å². The fourth-order valence-corrected chi connectivity index (χ4v) is 0.617. The fraction of sp³-hybridized carbons (Fsp3) is 1.00. The van der Waals surface area contributed by atoms with E-state index in [2.05, 4.69) is 13.8 Å². The van der Waals surface area contributed by atoms with E-state index in [9.17, 15) is 0 Å². The molecule has 1 atom stereocenters. The van der Waals surface area contributed by atoms with Crippen molar-refractivity contribution in [1.82, 2.24) is 0 Å². The zero-order chi connectivity index (χ0) is 7.28. The van der Waals surface area contributed by atoms with Crippen LogP contribution in [0, 0.1) is 5.92 Å². The van der Waals surface area contributed by atoms with Crippen molar-refractivity contribution in [2.24, 2.45) is 5.92 Å². The zero-order valence-electron chi connectivity index (χ0n) is 8.88. The summed E-state index contributed by atoms with van der Waals surface area (Å²) in [4.78, 5) is 0. The molecule has 0 radical (unpaired) electrons. The quantitative estimate of drug-likeness (QED) is 0.589. The van der Waals surface area contributed by atoms with E-state index in [0.717, 1.165) is 6.42 Å². The number of aliphatic hydroxyl groups excluding tert-OH is 2. The number of aliphatic hydroxyl groups is 2. The van der Waals surface area contributed by atoms with Crippen molar-refractivity contribution in [1.29, 1.82) is 0 Å². The van der Waals surface area contributed by atoms with Crippen LogP contribution in [0.2, 0.25) is 0 Å². The topological polar surface area (TPSA) is 40.5 Å². The van der Waals surface area contributed by atoms with E-state index in [1.54, 1.807) is 0 Å². The van der Waals surface area contributed by atoms with Gasteiger partial charge >= 0.3 is 23.1 Å². The third kappa shape index (κ3) is 8.69. The first kappa shape index (κ1) is 13.3. The Morgan fingerprint density at radius 3 is 2.10 bits per heavy atom. The Morgan fingerprint density at radius 1 is 1.30 bits per heavy atom. The molecule has 0 aromatic heterocycles. The Hall–Kier alpha value is 0.686. The maximum Gasteiger partial charge on any atom is 2.00 e. The van der Waals surface area contributed by atoms with Gasteiger partial charge in [0, 0.05) is 0 Å². The van der Waals surface area contributed by atoms with Crippen molar-refractivity contribution in [3.63, 3.8) is 0 Å². The summed E-state index contributed by atoms with van der Waals surface area (Å²) in [7, 11) is 0. The summed E-state index contributed by atoms with van der Waals surface area (Å²) in [6.07, 6.45) is 1.20. The van der Waals surface area contributed by atoms with E-state index in [-0.39, 0.29) is 32.5 Å². The Morgan fingerprint density at radius 2 is 1.80 bits per heavy atom. The summed E-state index contributed by atoms with van der Waals surface area (Å²) in [5.41, 5.74) is 0. The van der Waals surface area contributed by atoms with Gasteiger partial charge in [0.15, 0.2) is 0 Å². The van der Waals surface area contributed by atoms with E-state index in [4.69, 9.17) is 10.2 Å². The summed E-state index contributed by atoms with van der Waals surface area (Å²) < 4.78 is 0. The van der Waals surface area contributed by atoms with E-state index in [1.807, 2.05) is 0 Å². The van der Waals surface area contributed by atoms with Gasteiger partial charge in [-0.05, 0) is 18.8 Å². The van der Waals surface area contributed by atoms with Gasteiger partial charge in [-0.25, -0.2) is 0 Å². The van der Waals surface area contributed by atoms with Gasteiger partial charge in [-0.3, -0.25) is 0 Å². The van der Waals surface area contributed by atoms with Gasteiger partial charge < -0.3 is 13.1 Å². The van der Waals surface area contributed by atoms with Gasteiger partial charge in [0.2, 0.25) is 0 Å². The van der Waals surface area contributed by atoms with E-state index in [1.165, 1.54) is 0 Å². The molecule has 0 aromatic rings.